The van der Waals surface area contributed by atoms with Crippen molar-refractivity contribution in [3.05, 3.63) is 30.3 Å². The molecular formula is C17H25NO4. The molecule has 22 heavy (non-hydrogen) atoms. The first-order valence-corrected chi connectivity index (χ1v) is 7.76. The van der Waals surface area contributed by atoms with Crippen LogP contribution in [0.4, 0.5) is 0 Å². The van der Waals surface area contributed by atoms with Crippen molar-refractivity contribution < 1.29 is 19.4 Å². The molecule has 0 saturated carbocycles. The van der Waals surface area contributed by atoms with E-state index in [1.165, 1.54) is 0 Å². The Morgan fingerprint density at radius 2 is 2.18 bits per heavy atom. The van der Waals surface area contributed by atoms with E-state index < -0.39 is 11.7 Å². The monoisotopic (exact) mass is 307 g/mol. The number of nitrogens with one attached hydrogen (secondary N) is 1. The number of hydrogen-bond acceptors (Lipinski definition) is 4. The molecule has 0 bridgehead atoms. The maximum Gasteiger partial charge on any atom is 0.264 e. The summed E-state index contributed by atoms with van der Waals surface area (Å²) in [4.78, 5) is 12.4. The maximum absolute atomic E-state index is 12.4. The molecule has 2 rings (SSSR count). The van der Waals surface area contributed by atoms with Gasteiger partial charge < -0.3 is 19.9 Å². The van der Waals surface area contributed by atoms with E-state index in [9.17, 15) is 9.90 Å². The van der Waals surface area contributed by atoms with Crippen LogP contribution in [0.1, 0.15) is 26.7 Å². The summed E-state index contributed by atoms with van der Waals surface area (Å²) in [7, 11) is 0. The van der Waals surface area contributed by atoms with Crippen LogP contribution in [0.3, 0.4) is 0 Å². The Balaban J connectivity index is 1.94. The normalized spacial score (nSPS) is 20.2. The van der Waals surface area contributed by atoms with E-state index in [4.69, 9.17) is 9.47 Å². The summed E-state index contributed by atoms with van der Waals surface area (Å²) in [6.07, 6.45) is 1.11. The Kier molecular flexibility index (Phi) is 5.80. The van der Waals surface area contributed by atoms with Gasteiger partial charge in [-0.25, -0.2) is 0 Å². The second kappa shape index (κ2) is 7.61. The molecule has 1 fully saturated rings. The zero-order valence-electron chi connectivity index (χ0n) is 13.2. The van der Waals surface area contributed by atoms with Crippen LogP contribution >= 0.6 is 0 Å². The first-order chi connectivity index (χ1) is 10.5. The van der Waals surface area contributed by atoms with Gasteiger partial charge in [0.2, 0.25) is 6.10 Å². The second-order valence-electron chi connectivity index (χ2n) is 6.29. The number of ether oxygens (including phenoxy) is 2. The minimum absolute atomic E-state index is 0.304. The van der Waals surface area contributed by atoms with E-state index in [0.717, 1.165) is 19.4 Å². The first-order valence-electron chi connectivity index (χ1n) is 7.76. The van der Waals surface area contributed by atoms with Gasteiger partial charge in [-0.2, -0.15) is 0 Å². The van der Waals surface area contributed by atoms with E-state index in [1.54, 1.807) is 26.0 Å². The lowest BCUT2D eigenvalue weighted by atomic mass is 9.99. The summed E-state index contributed by atoms with van der Waals surface area (Å²) in [5, 5.41) is 13.1. The molecule has 1 aliphatic rings. The average Bonchev–Trinajstić information content (AvgIpc) is 2.51. The van der Waals surface area contributed by atoms with Crippen molar-refractivity contribution in [1.82, 2.24) is 5.32 Å². The number of carbonyl (C=O) groups is 1. The molecule has 1 saturated heterocycles. The second-order valence-corrected chi connectivity index (χ2v) is 6.29. The molecule has 1 amide bonds. The fourth-order valence-electron chi connectivity index (χ4n) is 2.46. The Labute approximate surface area is 131 Å². The van der Waals surface area contributed by atoms with Gasteiger partial charge in [-0.15, -0.1) is 0 Å². The van der Waals surface area contributed by atoms with E-state index >= 15 is 0 Å². The Morgan fingerprint density at radius 3 is 2.77 bits per heavy atom. The molecule has 2 atom stereocenters. The van der Waals surface area contributed by atoms with Gasteiger partial charge in [0.25, 0.3) is 5.91 Å². The number of amides is 1. The number of benzene rings is 1. The van der Waals surface area contributed by atoms with Gasteiger partial charge in [-0.3, -0.25) is 4.79 Å². The van der Waals surface area contributed by atoms with Crippen LogP contribution in [-0.2, 0) is 9.53 Å². The van der Waals surface area contributed by atoms with Crippen molar-refractivity contribution in [3.63, 3.8) is 0 Å². The van der Waals surface area contributed by atoms with Crippen molar-refractivity contribution in [1.29, 1.82) is 0 Å². The number of hydrogen-bond donors (Lipinski definition) is 2. The van der Waals surface area contributed by atoms with Gasteiger partial charge in [-0.1, -0.05) is 18.2 Å². The largest absolute Gasteiger partial charge is 0.478 e. The maximum atomic E-state index is 12.4. The van der Waals surface area contributed by atoms with Crippen LogP contribution in [0, 0.1) is 5.92 Å². The standard InChI is InChI=1S/C17H25NO4/c1-17(2,20)15(22-14-8-4-3-5-9-14)16(19)18-11-13-7-6-10-21-12-13/h3-5,8-9,13,15,20H,6-7,10-12H2,1-2H3,(H,18,19)/t13-,15-/m1/s1. The van der Waals surface area contributed by atoms with Crippen LogP contribution < -0.4 is 10.1 Å². The van der Waals surface area contributed by atoms with Crippen molar-refractivity contribution in [2.45, 2.75) is 38.4 Å². The quantitative estimate of drug-likeness (QED) is 0.840. The van der Waals surface area contributed by atoms with Gasteiger partial charge in [-0.05, 0) is 44.7 Å². The molecule has 5 heteroatoms. The lowest BCUT2D eigenvalue weighted by molar-refractivity contribution is -0.139. The van der Waals surface area contributed by atoms with Crippen molar-refractivity contribution >= 4 is 5.91 Å². The molecule has 0 aliphatic carbocycles. The third kappa shape index (κ3) is 5.00. The summed E-state index contributed by atoms with van der Waals surface area (Å²) in [6.45, 7) is 5.16. The smallest absolute Gasteiger partial charge is 0.264 e. The van der Waals surface area contributed by atoms with Crippen molar-refractivity contribution in [2.24, 2.45) is 5.92 Å². The van der Waals surface area contributed by atoms with Crippen LogP contribution in [0.25, 0.3) is 0 Å². The molecule has 1 aromatic carbocycles. The molecule has 0 unspecified atom stereocenters. The van der Waals surface area contributed by atoms with Crippen molar-refractivity contribution in [3.8, 4) is 5.75 Å². The molecule has 1 heterocycles. The fraction of sp³-hybridized carbons (Fsp3) is 0.588. The summed E-state index contributed by atoms with van der Waals surface area (Å²) in [5.74, 6) is 0.588. The summed E-state index contributed by atoms with van der Waals surface area (Å²) in [6, 6.07) is 9.05. The zero-order valence-corrected chi connectivity index (χ0v) is 13.2. The highest BCUT2D eigenvalue weighted by molar-refractivity contribution is 5.82. The SMILES string of the molecule is CC(C)(O)[C@H](Oc1ccccc1)C(=O)NC[C@H]1CCCOC1. The third-order valence-electron chi connectivity index (χ3n) is 3.70. The molecule has 0 radical (unpaired) electrons. The van der Waals surface area contributed by atoms with E-state index in [2.05, 4.69) is 5.32 Å². The third-order valence-corrected chi connectivity index (χ3v) is 3.70. The lowest BCUT2D eigenvalue weighted by Crippen LogP contribution is -2.52. The van der Waals surface area contributed by atoms with Crippen LogP contribution in [0.5, 0.6) is 5.75 Å². The average molecular weight is 307 g/mol. The van der Waals surface area contributed by atoms with Crippen molar-refractivity contribution in [2.75, 3.05) is 19.8 Å². The Hall–Kier alpha value is -1.59. The van der Waals surface area contributed by atoms with Crippen LogP contribution in [0.15, 0.2) is 30.3 Å². The summed E-state index contributed by atoms with van der Waals surface area (Å²) in [5.41, 5.74) is -1.27. The van der Waals surface area contributed by atoms with Gasteiger partial charge in [0.1, 0.15) is 11.4 Å². The number of rotatable bonds is 6. The van der Waals surface area contributed by atoms with Gasteiger partial charge >= 0.3 is 0 Å². The highest BCUT2D eigenvalue weighted by atomic mass is 16.5. The molecule has 2 N–H and O–H groups in total. The minimum atomic E-state index is -1.27. The summed E-state index contributed by atoms with van der Waals surface area (Å²) >= 11 is 0. The van der Waals surface area contributed by atoms with Crippen LogP contribution in [0.2, 0.25) is 0 Å². The lowest BCUT2D eigenvalue weighted by Gasteiger charge is -2.30. The topological polar surface area (TPSA) is 67.8 Å². The Bertz CT molecular complexity index is 463. The molecule has 0 spiro atoms. The fourth-order valence-corrected chi connectivity index (χ4v) is 2.46. The van der Waals surface area contributed by atoms with E-state index in [-0.39, 0.29) is 5.91 Å². The first kappa shape index (κ1) is 16.8. The Morgan fingerprint density at radius 1 is 1.45 bits per heavy atom. The summed E-state index contributed by atoms with van der Waals surface area (Å²) < 4.78 is 11.1. The molecule has 5 nitrogen and oxygen atoms in total. The van der Waals surface area contributed by atoms with Gasteiger partial charge in [0.05, 0.1) is 6.61 Å². The molecule has 122 valence electrons. The zero-order chi connectivity index (χ0) is 16.0. The predicted molar refractivity (Wildman–Crippen MR) is 83.7 cm³/mol. The number of para-hydroxylation sites is 1. The van der Waals surface area contributed by atoms with Gasteiger partial charge in [0, 0.05) is 13.2 Å². The van der Waals surface area contributed by atoms with Crippen LogP contribution in [-0.4, -0.2) is 42.5 Å². The molecular weight excluding hydrogens is 282 g/mol. The number of carbonyl (C=O) groups excluding carboxylic acids is 1. The minimum Gasteiger partial charge on any atom is -0.478 e. The predicted octanol–water partition coefficient (Wildman–Crippen LogP) is 1.75. The molecule has 1 aliphatic heterocycles. The van der Waals surface area contributed by atoms with E-state index in [1.807, 2.05) is 18.2 Å². The number of aliphatic hydroxyl groups is 1. The highest BCUT2D eigenvalue weighted by Crippen LogP contribution is 2.19. The molecule has 0 aromatic heterocycles. The molecule has 1 aromatic rings. The van der Waals surface area contributed by atoms with Gasteiger partial charge in [0.15, 0.2) is 0 Å². The highest BCUT2D eigenvalue weighted by Gasteiger charge is 2.35. The van der Waals surface area contributed by atoms with E-state index in [0.29, 0.717) is 24.8 Å².